The van der Waals surface area contributed by atoms with Gasteiger partial charge in [0.1, 0.15) is 5.01 Å². The van der Waals surface area contributed by atoms with Crippen molar-refractivity contribution in [2.24, 2.45) is 11.8 Å². The molecule has 4 rings (SSSR count). The molecule has 3 heterocycles. The Bertz CT molecular complexity index is 860. The topological polar surface area (TPSA) is 79.6 Å². The van der Waals surface area contributed by atoms with Gasteiger partial charge >= 0.3 is 0 Å². The predicted octanol–water partition coefficient (Wildman–Crippen LogP) is 1.06. The molecule has 134 valence electrons. The number of hydrogen-bond donors (Lipinski definition) is 1. The van der Waals surface area contributed by atoms with Crippen molar-refractivity contribution in [2.45, 2.75) is 45.2 Å². The molecule has 0 bridgehead atoms. The van der Waals surface area contributed by atoms with Crippen LogP contribution in [0, 0.1) is 11.8 Å². The Morgan fingerprint density at radius 1 is 1.36 bits per heavy atom. The summed E-state index contributed by atoms with van der Waals surface area (Å²) in [5, 5.41) is 8.19. The summed E-state index contributed by atoms with van der Waals surface area (Å²) in [6, 6.07) is 2.03. The molecule has 2 aliphatic rings. The second-order valence-corrected chi connectivity index (χ2v) is 8.24. The molecule has 1 aliphatic carbocycles. The van der Waals surface area contributed by atoms with E-state index in [4.69, 9.17) is 0 Å². The second-order valence-electron chi connectivity index (χ2n) is 7.20. The lowest BCUT2D eigenvalue weighted by Crippen LogP contribution is -2.38. The van der Waals surface area contributed by atoms with Crippen LogP contribution in [0.2, 0.25) is 0 Å². The molecule has 3 atom stereocenters. The first-order chi connectivity index (χ1) is 12.0. The van der Waals surface area contributed by atoms with E-state index in [0.717, 1.165) is 36.5 Å². The van der Waals surface area contributed by atoms with E-state index in [-0.39, 0.29) is 11.5 Å². The molecule has 1 amide bonds. The number of piperidine rings is 1. The number of fused-ring (bicyclic) bond motifs is 2. The summed E-state index contributed by atoms with van der Waals surface area (Å²) in [5.41, 5.74) is 0.683. The average molecular weight is 361 g/mol. The van der Waals surface area contributed by atoms with Gasteiger partial charge in [-0.1, -0.05) is 18.3 Å². The number of aryl methyl sites for hydroxylation is 1. The molecule has 0 radical (unpaired) electrons. The van der Waals surface area contributed by atoms with Gasteiger partial charge in [-0.05, 0) is 38.1 Å². The van der Waals surface area contributed by atoms with Gasteiger partial charge in [0.2, 0.25) is 10.9 Å². The zero-order chi connectivity index (χ0) is 17.6. The standard InChI is InChI=1S/C17H23N5O2S/c1-3-15-20-22-16(24)7-12(19-17(22)25-15)9-21(2)13-4-10-6-14(23)18-8-11(10)5-13/h7,10-11,13H,3-6,8-9H2,1-2H3,(H,18,23)/t10-,11-,13?/m1/s1. The van der Waals surface area contributed by atoms with E-state index in [9.17, 15) is 9.59 Å². The first-order valence-electron chi connectivity index (χ1n) is 8.89. The number of carbonyl (C=O) groups excluding carboxylic acids is 1. The van der Waals surface area contributed by atoms with Crippen LogP contribution >= 0.6 is 11.3 Å². The predicted molar refractivity (Wildman–Crippen MR) is 95.6 cm³/mol. The van der Waals surface area contributed by atoms with E-state index < -0.39 is 0 Å². The Morgan fingerprint density at radius 2 is 2.16 bits per heavy atom. The fraction of sp³-hybridized carbons (Fsp3) is 0.647. The van der Waals surface area contributed by atoms with Gasteiger partial charge in [-0.25, -0.2) is 4.98 Å². The van der Waals surface area contributed by atoms with Crippen LogP contribution in [-0.4, -0.2) is 45.0 Å². The van der Waals surface area contributed by atoms with E-state index in [1.54, 1.807) is 6.07 Å². The molecule has 2 aromatic heterocycles. The third-order valence-electron chi connectivity index (χ3n) is 5.50. The van der Waals surface area contributed by atoms with Crippen LogP contribution in [0.15, 0.2) is 10.9 Å². The van der Waals surface area contributed by atoms with Crippen molar-refractivity contribution in [3.63, 3.8) is 0 Å². The highest BCUT2D eigenvalue weighted by Gasteiger charge is 2.39. The summed E-state index contributed by atoms with van der Waals surface area (Å²) in [5.74, 6) is 1.26. The SMILES string of the molecule is CCc1nn2c(=O)cc(CN(C)C3C[C@@H]4CNC(=O)C[C@H]4C3)nc2s1. The maximum Gasteiger partial charge on any atom is 0.275 e. The van der Waals surface area contributed by atoms with E-state index in [2.05, 4.69) is 27.3 Å². The fourth-order valence-corrected chi connectivity index (χ4v) is 4.96. The third kappa shape index (κ3) is 3.20. The van der Waals surface area contributed by atoms with Crippen molar-refractivity contribution in [1.29, 1.82) is 0 Å². The zero-order valence-electron chi connectivity index (χ0n) is 14.6. The van der Waals surface area contributed by atoms with Crippen molar-refractivity contribution in [2.75, 3.05) is 13.6 Å². The highest BCUT2D eigenvalue weighted by Crippen LogP contribution is 2.38. The lowest BCUT2D eigenvalue weighted by Gasteiger charge is -2.24. The minimum atomic E-state index is -0.112. The van der Waals surface area contributed by atoms with Crippen LogP contribution < -0.4 is 10.9 Å². The minimum absolute atomic E-state index is 0.112. The van der Waals surface area contributed by atoms with Crippen LogP contribution in [0.25, 0.3) is 4.96 Å². The van der Waals surface area contributed by atoms with Crippen LogP contribution in [0.1, 0.15) is 36.9 Å². The molecule has 25 heavy (non-hydrogen) atoms. The number of nitrogens with one attached hydrogen (secondary N) is 1. The Kier molecular flexibility index (Phi) is 4.33. The highest BCUT2D eigenvalue weighted by molar-refractivity contribution is 7.16. The quantitative estimate of drug-likeness (QED) is 0.881. The smallest absolute Gasteiger partial charge is 0.275 e. The molecule has 2 fully saturated rings. The molecule has 0 spiro atoms. The zero-order valence-corrected chi connectivity index (χ0v) is 15.4. The number of aromatic nitrogens is 3. The van der Waals surface area contributed by atoms with Crippen molar-refractivity contribution in [3.8, 4) is 0 Å². The van der Waals surface area contributed by atoms with E-state index in [0.29, 0.717) is 35.8 Å². The first kappa shape index (κ1) is 16.7. The maximum atomic E-state index is 12.3. The van der Waals surface area contributed by atoms with Crippen molar-refractivity contribution >= 4 is 22.2 Å². The average Bonchev–Trinajstić information content (AvgIpc) is 3.18. The molecule has 8 heteroatoms. The van der Waals surface area contributed by atoms with Crippen molar-refractivity contribution in [1.82, 2.24) is 24.8 Å². The molecule has 1 N–H and O–H groups in total. The van der Waals surface area contributed by atoms with Crippen LogP contribution in [0.4, 0.5) is 0 Å². The van der Waals surface area contributed by atoms with E-state index >= 15 is 0 Å². The normalized spacial score (nSPS) is 26.2. The van der Waals surface area contributed by atoms with E-state index in [1.807, 2.05) is 6.92 Å². The Labute approximate surface area is 150 Å². The van der Waals surface area contributed by atoms with Crippen LogP contribution in [-0.2, 0) is 17.8 Å². The van der Waals surface area contributed by atoms with Gasteiger partial charge in [0.05, 0.1) is 5.69 Å². The summed E-state index contributed by atoms with van der Waals surface area (Å²) in [6.45, 7) is 3.48. The molecule has 0 aromatic carbocycles. The molecular formula is C17H23N5O2S. The minimum Gasteiger partial charge on any atom is -0.356 e. The van der Waals surface area contributed by atoms with Gasteiger partial charge in [0.15, 0.2) is 0 Å². The summed E-state index contributed by atoms with van der Waals surface area (Å²) in [7, 11) is 2.09. The molecular weight excluding hydrogens is 338 g/mol. The third-order valence-corrected chi connectivity index (χ3v) is 6.56. The van der Waals surface area contributed by atoms with Gasteiger partial charge in [0.25, 0.3) is 5.56 Å². The first-order valence-corrected chi connectivity index (χ1v) is 9.70. The van der Waals surface area contributed by atoms with E-state index in [1.165, 1.54) is 15.9 Å². The molecule has 2 aromatic rings. The van der Waals surface area contributed by atoms with Crippen molar-refractivity contribution in [3.05, 3.63) is 27.1 Å². The summed E-state index contributed by atoms with van der Waals surface area (Å²) < 4.78 is 1.40. The Hall–Kier alpha value is -1.80. The molecule has 1 saturated carbocycles. The van der Waals surface area contributed by atoms with Crippen LogP contribution in [0.5, 0.6) is 0 Å². The Morgan fingerprint density at radius 3 is 2.96 bits per heavy atom. The number of rotatable bonds is 4. The molecule has 1 unspecified atom stereocenters. The number of nitrogens with zero attached hydrogens (tertiary/aromatic N) is 4. The summed E-state index contributed by atoms with van der Waals surface area (Å²) >= 11 is 1.48. The summed E-state index contributed by atoms with van der Waals surface area (Å²) in [4.78, 5) is 31.4. The lowest BCUT2D eigenvalue weighted by molar-refractivity contribution is -0.124. The molecule has 7 nitrogen and oxygen atoms in total. The van der Waals surface area contributed by atoms with Gasteiger partial charge in [-0.15, -0.1) is 0 Å². The number of carbonyl (C=O) groups is 1. The highest BCUT2D eigenvalue weighted by atomic mass is 32.1. The van der Waals surface area contributed by atoms with Gasteiger partial charge in [-0.3, -0.25) is 14.5 Å². The lowest BCUT2D eigenvalue weighted by atomic mass is 9.89. The molecule has 1 saturated heterocycles. The van der Waals surface area contributed by atoms with Gasteiger partial charge < -0.3 is 5.32 Å². The van der Waals surface area contributed by atoms with Gasteiger partial charge in [-0.2, -0.15) is 9.61 Å². The largest absolute Gasteiger partial charge is 0.356 e. The number of amides is 1. The maximum absolute atomic E-state index is 12.3. The Balaban J connectivity index is 1.49. The van der Waals surface area contributed by atoms with Crippen molar-refractivity contribution < 1.29 is 4.79 Å². The second kappa shape index (κ2) is 6.49. The molecule has 1 aliphatic heterocycles. The van der Waals surface area contributed by atoms with Gasteiger partial charge in [0, 0.05) is 31.6 Å². The summed E-state index contributed by atoms with van der Waals surface area (Å²) in [6.07, 6.45) is 3.61. The fourth-order valence-electron chi connectivity index (χ4n) is 4.10. The number of hydrogen-bond acceptors (Lipinski definition) is 6. The van der Waals surface area contributed by atoms with Crippen LogP contribution in [0.3, 0.4) is 0 Å². The monoisotopic (exact) mass is 361 g/mol.